The van der Waals surface area contributed by atoms with Crippen LogP contribution in [0.5, 0.6) is 0 Å². The molecule has 36 heavy (non-hydrogen) atoms. The molecule has 0 radical (unpaired) electrons. The summed E-state index contributed by atoms with van der Waals surface area (Å²) in [6.45, 7) is 2.31. The molecule has 0 aromatic heterocycles. The number of rotatable bonds is 5. The van der Waals surface area contributed by atoms with E-state index in [-0.39, 0.29) is 35.2 Å². The lowest BCUT2D eigenvalue weighted by Gasteiger charge is -2.35. The van der Waals surface area contributed by atoms with Gasteiger partial charge in [0.1, 0.15) is 0 Å². The molecular formula is C27H34F6N2O. The Kier molecular flexibility index (Phi) is 7.95. The third-order valence-corrected chi connectivity index (χ3v) is 8.02. The zero-order chi connectivity index (χ0) is 26.1. The normalized spacial score (nSPS) is 24.6. The lowest BCUT2D eigenvalue weighted by Crippen LogP contribution is -2.45. The Bertz CT molecular complexity index is 958. The van der Waals surface area contributed by atoms with Crippen molar-refractivity contribution in [2.24, 2.45) is 11.8 Å². The topological polar surface area (TPSA) is 32.3 Å². The van der Waals surface area contributed by atoms with Crippen LogP contribution in [0.3, 0.4) is 0 Å². The molecule has 1 heterocycles. The molecule has 3 nitrogen and oxygen atoms in total. The minimum absolute atomic E-state index is 0.0551. The van der Waals surface area contributed by atoms with Crippen molar-refractivity contribution < 1.29 is 31.1 Å². The van der Waals surface area contributed by atoms with E-state index in [1.54, 1.807) is 6.08 Å². The van der Waals surface area contributed by atoms with Crippen LogP contribution in [0.1, 0.15) is 87.8 Å². The largest absolute Gasteiger partial charge is 0.417 e. The monoisotopic (exact) mass is 516 g/mol. The molecule has 4 rings (SSSR count). The van der Waals surface area contributed by atoms with Gasteiger partial charge < -0.3 is 10.2 Å². The molecule has 3 aliphatic rings. The van der Waals surface area contributed by atoms with Gasteiger partial charge in [-0.2, -0.15) is 26.3 Å². The highest BCUT2D eigenvalue weighted by Gasteiger charge is 2.43. The maximum absolute atomic E-state index is 14.0. The minimum Gasteiger partial charge on any atom is -0.367 e. The molecule has 2 atom stereocenters. The van der Waals surface area contributed by atoms with Gasteiger partial charge in [-0.05, 0) is 56.7 Å². The Morgan fingerprint density at radius 1 is 0.917 bits per heavy atom. The number of alkyl halides is 6. The maximum atomic E-state index is 14.0. The Labute approximate surface area is 208 Å². The van der Waals surface area contributed by atoms with Crippen LogP contribution in [-0.2, 0) is 17.1 Å². The molecule has 0 spiro atoms. The Morgan fingerprint density at radius 2 is 1.53 bits per heavy atom. The molecule has 1 aromatic rings. The van der Waals surface area contributed by atoms with E-state index in [1.807, 2.05) is 11.8 Å². The number of benzene rings is 1. The van der Waals surface area contributed by atoms with Crippen LogP contribution in [0.2, 0.25) is 0 Å². The first-order valence-electron chi connectivity index (χ1n) is 13.0. The fourth-order valence-electron chi connectivity index (χ4n) is 5.99. The zero-order valence-corrected chi connectivity index (χ0v) is 20.5. The third-order valence-electron chi connectivity index (χ3n) is 8.02. The zero-order valence-electron chi connectivity index (χ0n) is 20.5. The van der Waals surface area contributed by atoms with Crippen LogP contribution < -0.4 is 5.32 Å². The highest BCUT2D eigenvalue weighted by molar-refractivity contribution is 5.86. The average molecular weight is 517 g/mol. The van der Waals surface area contributed by atoms with E-state index in [2.05, 4.69) is 5.32 Å². The van der Waals surface area contributed by atoms with Gasteiger partial charge in [0.15, 0.2) is 0 Å². The molecule has 2 fully saturated rings. The van der Waals surface area contributed by atoms with Crippen molar-refractivity contribution >= 4 is 11.6 Å². The first-order chi connectivity index (χ1) is 16.9. The molecule has 1 amide bonds. The predicted molar refractivity (Wildman–Crippen MR) is 126 cm³/mol. The second-order valence-corrected chi connectivity index (χ2v) is 10.6. The number of nitrogens with one attached hydrogen (secondary N) is 1. The number of amides is 1. The number of halogens is 6. The van der Waals surface area contributed by atoms with E-state index < -0.39 is 35.4 Å². The number of hydrogen-bond acceptors (Lipinski definition) is 2. The Morgan fingerprint density at radius 3 is 2.11 bits per heavy atom. The summed E-state index contributed by atoms with van der Waals surface area (Å²) in [6.07, 6.45) is 1.75. The summed E-state index contributed by atoms with van der Waals surface area (Å²) in [5.41, 5.74) is -2.75. The number of nitrogens with zero attached hydrogens (tertiary/aromatic N) is 1. The van der Waals surface area contributed by atoms with Crippen LogP contribution in [0.15, 0.2) is 24.3 Å². The third kappa shape index (κ3) is 6.02. The summed E-state index contributed by atoms with van der Waals surface area (Å²) in [4.78, 5) is 15.1. The van der Waals surface area contributed by atoms with Crippen LogP contribution in [0.25, 0.3) is 5.70 Å². The van der Waals surface area contributed by atoms with Gasteiger partial charge in [-0.3, -0.25) is 4.79 Å². The van der Waals surface area contributed by atoms with Crippen LogP contribution in [0.4, 0.5) is 26.3 Å². The number of carbonyl (C=O) groups is 1. The first-order valence-corrected chi connectivity index (χ1v) is 13.0. The SMILES string of the molecule is CC1C(C(=O)NC2CCCCC2)C=C(c2ccc(C(F)(F)F)cc2C(F)(F)F)N1CC1CCCCC1. The van der Waals surface area contributed by atoms with Gasteiger partial charge in [0.05, 0.1) is 17.0 Å². The van der Waals surface area contributed by atoms with Crippen LogP contribution in [0, 0.1) is 11.8 Å². The Balaban J connectivity index is 1.70. The molecule has 1 aliphatic heterocycles. The van der Waals surface area contributed by atoms with E-state index in [1.165, 1.54) is 0 Å². The van der Waals surface area contributed by atoms with Gasteiger partial charge in [0, 0.05) is 29.9 Å². The van der Waals surface area contributed by atoms with Gasteiger partial charge in [-0.15, -0.1) is 0 Å². The van der Waals surface area contributed by atoms with Gasteiger partial charge in [0.2, 0.25) is 5.91 Å². The lowest BCUT2D eigenvalue weighted by atomic mass is 9.88. The number of hydrogen-bond donors (Lipinski definition) is 1. The maximum Gasteiger partial charge on any atom is 0.417 e. The summed E-state index contributed by atoms with van der Waals surface area (Å²) in [6, 6.07) is 1.46. The van der Waals surface area contributed by atoms with E-state index in [0.29, 0.717) is 12.6 Å². The first kappa shape index (κ1) is 26.9. The van der Waals surface area contributed by atoms with Crippen LogP contribution in [-0.4, -0.2) is 29.4 Å². The highest BCUT2D eigenvalue weighted by Crippen LogP contribution is 2.44. The molecular weight excluding hydrogens is 482 g/mol. The molecule has 2 saturated carbocycles. The average Bonchev–Trinajstić information content (AvgIpc) is 3.15. The molecule has 2 unspecified atom stereocenters. The van der Waals surface area contributed by atoms with E-state index >= 15 is 0 Å². The quantitative estimate of drug-likeness (QED) is 0.413. The molecule has 9 heteroatoms. The molecule has 0 bridgehead atoms. The lowest BCUT2D eigenvalue weighted by molar-refractivity contribution is -0.143. The molecule has 200 valence electrons. The van der Waals surface area contributed by atoms with Crippen molar-refractivity contribution in [3.8, 4) is 0 Å². The molecule has 0 saturated heterocycles. The van der Waals surface area contributed by atoms with Crippen molar-refractivity contribution in [3.05, 3.63) is 41.0 Å². The molecule has 1 N–H and O–H groups in total. The highest BCUT2D eigenvalue weighted by atomic mass is 19.4. The van der Waals surface area contributed by atoms with Gasteiger partial charge in [-0.1, -0.05) is 44.6 Å². The summed E-state index contributed by atoms with van der Waals surface area (Å²) in [5.74, 6) is -0.624. The molecule has 1 aromatic carbocycles. The van der Waals surface area contributed by atoms with Crippen molar-refractivity contribution in [1.29, 1.82) is 0 Å². The van der Waals surface area contributed by atoms with E-state index in [4.69, 9.17) is 0 Å². The van der Waals surface area contributed by atoms with Crippen molar-refractivity contribution in [2.75, 3.05) is 6.54 Å². The summed E-state index contributed by atoms with van der Waals surface area (Å²) in [7, 11) is 0. The van der Waals surface area contributed by atoms with Gasteiger partial charge >= 0.3 is 12.4 Å². The van der Waals surface area contributed by atoms with Crippen molar-refractivity contribution in [3.63, 3.8) is 0 Å². The second-order valence-electron chi connectivity index (χ2n) is 10.6. The van der Waals surface area contributed by atoms with Gasteiger partial charge in [0.25, 0.3) is 0 Å². The minimum atomic E-state index is -4.97. The predicted octanol–water partition coefficient (Wildman–Crippen LogP) is 7.41. The van der Waals surface area contributed by atoms with E-state index in [9.17, 15) is 31.1 Å². The second kappa shape index (κ2) is 10.7. The standard InChI is InChI=1S/C27H34F6N2O/c1-17-22(25(36)34-20-10-6-3-7-11-20)15-24(35(17)16-18-8-4-2-5-9-18)21-13-12-19(26(28,29)30)14-23(21)27(31,32)33/h12-15,17-18,20,22H,2-11,16H2,1H3,(H,34,36). The van der Waals surface area contributed by atoms with E-state index in [0.717, 1.165) is 70.3 Å². The van der Waals surface area contributed by atoms with Crippen LogP contribution >= 0.6 is 0 Å². The fourth-order valence-corrected chi connectivity index (χ4v) is 5.99. The summed E-state index contributed by atoms with van der Waals surface area (Å²) >= 11 is 0. The molecule has 2 aliphatic carbocycles. The van der Waals surface area contributed by atoms with Crippen molar-refractivity contribution in [1.82, 2.24) is 10.2 Å². The summed E-state index contributed by atoms with van der Waals surface area (Å²) < 4.78 is 81.8. The number of carbonyl (C=O) groups excluding carboxylic acids is 1. The van der Waals surface area contributed by atoms with Crippen molar-refractivity contribution in [2.45, 2.75) is 95.6 Å². The fraction of sp³-hybridized carbons (Fsp3) is 0.667. The summed E-state index contributed by atoms with van der Waals surface area (Å²) in [5, 5.41) is 3.08. The van der Waals surface area contributed by atoms with Gasteiger partial charge in [-0.25, -0.2) is 0 Å². The smallest absolute Gasteiger partial charge is 0.367 e. The Hall–Kier alpha value is -2.19.